The van der Waals surface area contributed by atoms with Crippen molar-refractivity contribution in [1.82, 2.24) is 15.2 Å². The third-order valence-electron chi connectivity index (χ3n) is 2.05. The zero-order valence-electron chi connectivity index (χ0n) is 8.80. The van der Waals surface area contributed by atoms with Gasteiger partial charge in [0.25, 0.3) is 5.56 Å². The molecule has 4 nitrogen and oxygen atoms in total. The summed E-state index contributed by atoms with van der Waals surface area (Å²) < 4.78 is 0. The summed E-state index contributed by atoms with van der Waals surface area (Å²) in [5, 5.41) is 7.97. The lowest BCUT2D eigenvalue weighted by Crippen LogP contribution is -2.07. The van der Waals surface area contributed by atoms with Gasteiger partial charge >= 0.3 is 0 Å². The Bertz CT molecular complexity index is 521. The van der Waals surface area contributed by atoms with Crippen LogP contribution >= 0.6 is 11.8 Å². The van der Waals surface area contributed by atoms with Gasteiger partial charge < -0.3 is 0 Å². The Labute approximate surface area is 97.1 Å². The van der Waals surface area contributed by atoms with Crippen LogP contribution in [0.4, 0.5) is 0 Å². The van der Waals surface area contributed by atoms with E-state index in [-0.39, 0.29) is 5.56 Å². The van der Waals surface area contributed by atoms with Crippen LogP contribution in [0.25, 0.3) is 0 Å². The molecule has 5 heteroatoms. The third kappa shape index (κ3) is 2.93. The molecule has 1 aromatic heterocycles. The highest BCUT2D eigenvalue weighted by Gasteiger charge is 1.98. The van der Waals surface area contributed by atoms with Crippen LogP contribution in [0.1, 0.15) is 11.1 Å². The van der Waals surface area contributed by atoms with Crippen LogP contribution in [-0.2, 0) is 5.75 Å². The van der Waals surface area contributed by atoms with E-state index in [9.17, 15) is 4.79 Å². The van der Waals surface area contributed by atoms with Gasteiger partial charge in [-0.1, -0.05) is 41.6 Å². The highest BCUT2D eigenvalue weighted by atomic mass is 32.2. The molecule has 0 aliphatic carbocycles. The lowest BCUT2D eigenvalue weighted by molar-refractivity contribution is 0.817. The number of aromatic amines is 1. The first-order chi connectivity index (χ1) is 7.74. The lowest BCUT2D eigenvalue weighted by Gasteiger charge is -2.00. The van der Waals surface area contributed by atoms with E-state index in [4.69, 9.17) is 0 Å². The number of aromatic nitrogens is 3. The quantitative estimate of drug-likeness (QED) is 0.821. The molecule has 0 spiro atoms. The lowest BCUT2D eigenvalue weighted by atomic mass is 10.2. The number of nitrogens with one attached hydrogen (secondary N) is 1. The van der Waals surface area contributed by atoms with Gasteiger partial charge in [-0.25, -0.2) is 0 Å². The molecule has 1 heterocycles. The molecule has 0 atom stereocenters. The summed E-state index contributed by atoms with van der Waals surface area (Å²) in [7, 11) is 0. The molecule has 1 aromatic carbocycles. The van der Waals surface area contributed by atoms with Crippen LogP contribution in [0.5, 0.6) is 0 Å². The highest BCUT2D eigenvalue weighted by Crippen LogP contribution is 2.17. The van der Waals surface area contributed by atoms with Gasteiger partial charge in [0.15, 0.2) is 5.16 Å². The van der Waals surface area contributed by atoms with Crippen molar-refractivity contribution in [3.8, 4) is 0 Å². The standard InChI is InChI=1S/C11H11N3OS/c1-8-2-4-9(5-3-8)7-16-11-13-10(15)6-12-14-11/h2-6H,7H2,1H3,(H,13,14,15). The number of thioether (sulfide) groups is 1. The fourth-order valence-electron chi connectivity index (χ4n) is 1.20. The average molecular weight is 233 g/mol. The van der Waals surface area contributed by atoms with Crippen molar-refractivity contribution in [2.45, 2.75) is 17.8 Å². The Morgan fingerprint density at radius 3 is 2.75 bits per heavy atom. The third-order valence-corrected chi connectivity index (χ3v) is 2.98. The summed E-state index contributed by atoms with van der Waals surface area (Å²) in [4.78, 5) is 13.6. The van der Waals surface area contributed by atoms with Gasteiger partial charge in [0.2, 0.25) is 0 Å². The van der Waals surface area contributed by atoms with E-state index in [0.29, 0.717) is 5.16 Å². The molecule has 2 aromatic rings. The Morgan fingerprint density at radius 2 is 2.06 bits per heavy atom. The molecule has 0 aliphatic rings. The molecule has 1 N–H and O–H groups in total. The molecule has 0 aliphatic heterocycles. The monoisotopic (exact) mass is 233 g/mol. The maximum absolute atomic E-state index is 11.0. The van der Waals surface area contributed by atoms with Crippen molar-refractivity contribution in [2.24, 2.45) is 0 Å². The van der Waals surface area contributed by atoms with Gasteiger partial charge in [0, 0.05) is 5.75 Å². The molecule has 0 fully saturated rings. The van der Waals surface area contributed by atoms with Crippen molar-refractivity contribution in [3.63, 3.8) is 0 Å². The molecule has 0 amide bonds. The van der Waals surface area contributed by atoms with E-state index in [0.717, 1.165) is 11.9 Å². The topological polar surface area (TPSA) is 58.6 Å². The Balaban J connectivity index is 2.02. The van der Waals surface area contributed by atoms with Gasteiger partial charge in [-0.2, -0.15) is 5.10 Å². The van der Waals surface area contributed by atoms with E-state index in [1.54, 1.807) is 0 Å². The van der Waals surface area contributed by atoms with Gasteiger partial charge in [-0.05, 0) is 12.5 Å². The zero-order valence-corrected chi connectivity index (χ0v) is 9.62. The molecule has 0 saturated carbocycles. The van der Waals surface area contributed by atoms with Crippen molar-refractivity contribution in [1.29, 1.82) is 0 Å². The first kappa shape index (κ1) is 10.9. The zero-order chi connectivity index (χ0) is 11.4. The van der Waals surface area contributed by atoms with E-state index in [2.05, 4.69) is 46.4 Å². The van der Waals surface area contributed by atoms with E-state index < -0.39 is 0 Å². The summed E-state index contributed by atoms with van der Waals surface area (Å²) in [6.45, 7) is 2.05. The molecule has 2 rings (SSSR count). The van der Waals surface area contributed by atoms with Crippen LogP contribution in [0.3, 0.4) is 0 Å². The van der Waals surface area contributed by atoms with Crippen LogP contribution < -0.4 is 5.56 Å². The summed E-state index contributed by atoms with van der Waals surface area (Å²) in [5.74, 6) is 0.773. The fraction of sp³-hybridized carbons (Fsp3) is 0.182. The Kier molecular flexibility index (Phi) is 3.36. The molecule has 0 unspecified atom stereocenters. The predicted molar refractivity (Wildman–Crippen MR) is 63.4 cm³/mol. The van der Waals surface area contributed by atoms with Crippen molar-refractivity contribution < 1.29 is 0 Å². The van der Waals surface area contributed by atoms with Crippen LogP contribution in [-0.4, -0.2) is 15.2 Å². The first-order valence-corrected chi connectivity index (χ1v) is 5.83. The van der Waals surface area contributed by atoms with Gasteiger partial charge in [0.05, 0.1) is 0 Å². The number of hydrogen-bond donors (Lipinski definition) is 1. The number of rotatable bonds is 3. The van der Waals surface area contributed by atoms with Crippen molar-refractivity contribution in [3.05, 3.63) is 51.9 Å². The Morgan fingerprint density at radius 1 is 1.31 bits per heavy atom. The van der Waals surface area contributed by atoms with Crippen LogP contribution in [0.2, 0.25) is 0 Å². The molecule has 0 bridgehead atoms. The summed E-state index contributed by atoms with van der Waals surface area (Å²) in [5.41, 5.74) is 2.21. The van der Waals surface area contributed by atoms with Crippen LogP contribution in [0.15, 0.2) is 40.4 Å². The van der Waals surface area contributed by atoms with E-state index in [1.807, 2.05) is 0 Å². The predicted octanol–water partition coefficient (Wildman–Crippen LogP) is 1.77. The van der Waals surface area contributed by atoms with E-state index in [1.165, 1.54) is 22.9 Å². The number of H-pyrrole nitrogens is 1. The number of aryl methyl sites for hydroxylation is 1. The summed E-state index contributed by atoms with van der Waals surface area (Å²) in [6, 6.07) is 8.26. The second kappa shape index (κ2) is 4.94. The second-order valence-electron chi connectivity index (χ2n) is 3.41. The molecular formula is C11H11N3OS. The fourth-order valence-corrected chi connectivity index (χ4v) is 1.97. The maximum atomic E-state index is 11.0. The normalized spacial score (nSPS) is 10.3. The molecular weight excluding hydrogens is 222 g/mol. The smallest absolute Gasteiger partial charge is 0.270 e. The SMILES string of the molecule is Cc1ccc(CSc2nncc(=O)[nH]2)cc1. The number of nitrogens with zero attached hydrogens (tertiary/aromatic N) is 2. The summed E-state index contributed by atoms with van der Waals surface area (Å²) in [6.07, 6.45) is 1.16. The van der Waals surface area contributed by atoms with Gasteiger partial charge in [-0.3, -0.25) is 9.78 Å². The van der Waals surface area contributed by atoms with Crippen molar-refractivity contribution >= 4 is 11.8 Å². The average Bonchev–Trinajstić information content (AvgIpc) is 2.28. The highest BCUT2D eigenvalue weighted by molar-refractivity contribution is 7.98. The maximum Gasteiger partial charge on any atom is 0.270 e. The molecule has 82 valence electrons. The minimum atomic E-state index is -0.221. The number of hydrogen-bond acceptors (Lipinski definition) is 4. The largest absolute Gasteiger partial charge is 0.299 e. The minimum Gasteiger partial charge on any atom is -0.299 e. The van der Waals surface area contributed by atoms with Gasteiger partial charge in [0.1, 0.15) is 6.20 Å². The number of benzene rings is 1. The van der Waals surface area contributed by atoms with E-state index >= 15 is 0 Å². The van der Waals surface area contributed by atoms with Gasteiger partial charge in [-0.15, -0.1) is 5.10 Å². The molecule has 16 heavy (non-hydrogen) atoms. The first-order valence-electron chi connectivity index (χ1n) is 4.84. The van der Waals surface area contributed by atoms with Crippen LogP contribution in [0, 0.1) is 6.92 Å². The second-order valence-corrected chi connectivity index (χ2v) is 4.38. The molecule has 0 saturated heterocycles. The molecule has 0 radical (unpaired) electrons. The minimum absolute atomic E-state index is 0.221. The summed E-state index contributed by atoms with van der Waals surface area (Å²) >= 11 is 1.46. The Hall–Kier alpha value is -1.62. The van der Waals surface area contributed by atoms with Crippen molar-refractivity contribution in [2.75, 3.05) is 0 Å².